The van der Waals surface area contributed by atoms with Gasteiger partial charge < -0.3 is 29.6 Å². The minimum atomic E-state index is -2.12. The zero-order valence-electron chi connectivity index (χ0n) is 41.2. The van der Waals surface area contributed by atoms with Crippen molar-refractivity contribution in [3.05, 3.63) is 85.8 Å². The molecular formula is C40H76B2Br3Cl2F8N6Si4-. The van der Waals surface area contributed by atoms with Crippen LogP contribution >= 0.6 is 71.3 Å². The molecule has 65 heavy (non-hydrogen) atoms. The van der Waals surface area contributed by atoms with Crippen LogP contribution in [0.1, 0.15) is 0 Å². The van der Waals surface area contributed by atoms with E-state index in [4.69, 9.17) is 18.9 Å². The van der Waals surface area contributed by atoms with Crippen LogP contribution in [0.2, 0.25) is 78.6 Å². The van der Waals surface area contributed by atoms with E-state index in [1.54, 1.807) is 0 Å². The largest absolute Gasteiger partial charge is 0.396 e. The van der Waals surface area contributed by atoms with Crippen LogP contribution in [0.25, 0.3) is 0 Å². The number of alkyl halides is 1. The van der Waals surface area contributed by atoms with Crippen LogP contribution in [0.3, 0.4) is 0 Å². The maximum Gasteiger partial charge on any atom is 0.186 e. The normalized spacial score (nSPS) is 10.6. The highest BCUT2D eigenvalue weighted by atomic mass is 79.9. The Kier molecular flexibility index (Phi) is 42.5. The molecule has 0 aliphatic carbocycles. The number of nitrogens with zero attached hydrogens (tertiary/aromatic N) is 4. The summed E-state index contributed by atoms with van der Waals surface area (Å²) in [7, 11) is 13.3. The Balaban J connectivity index is -0.000000164. The van der Waals surface area contributed by atoms with Gasteiger partial charge in [-0.2, -0.15) is 11.1 Å². The Morgan fingerprint density at radius 3 is 1.06 bits per heavy atom. The van der Waals surface area contributed by atoms with E-state index >= 15 is 0 Å². The first-order valence-electron chi connectivity index (χ1n) is 19.1. The summed E-state index contributed by atoms with van der Waals surface area (Å²) in [5.41, 5.74) is 4.28. The summed E-state index contributed by atoms with van der Waals surface area (Å²) >= 11 is 13.5. The Morgan fingerprint density at radius 1 is 0.600 bits per heavy atom. The van der Waals surface area contributed by atoms with Gasteiger partial charge >= 0.3 is 0 Å². The van der Waals surface area contributed by atoms with Gasteiger partial charge in [0.1, 0.15) is 43.5 Å². The molecule has 0 aliphatic rings. The zero-order chi connectivity index (χ0) is 52.5. The van der Waals surface area contributed by atoms with Gasteiger partial charge in [0.2, 0.25) is 0 Å². The number of hydrogen-bond acceptors (Lipinski definition) is 6. The zero-order valence-corrected chi connectivity index (χ0v) is 51.5. The summed E-state index contributed by atoms with van der Waals surface area (Å²) in [5.74, 6) is -9.57. The smallest absolute Gasteiger partial charge is 0.186 e. The minimum Gasteiger partial charge on any atom is -0.396 e. The molecule has 0 spiro atoms. The van der Waals surface area contributed by atoms with Crippen molar-refractivity contribution < 1.29 is 35.1 Å². The van der Waals surface area contributed by atoms with Crippen molar-refractivity contribution in [1.82, 2.24) is 9.13 Å². The van der Waals surface area contributed by atoms with Crippen molar-refractivity contribution in [3.8, 4) is 0 Å². The van der Waals surface area contributed by atoms with Crippen LogP contribution in [0, 0.1) is 46.5 Å². The van der Waals surface area contributed by atoms with Crippen LogP contribution in [-0.4, -0.2) is 125 Å². The molecule has 3 N–H and O–H groups in total. The number of anilines is 3. The van der Waals surface area contributed by atoms with Crippen LogP contribution in [0.4, 0.5) is 52.2 Å². The lowest BCUT2D eigenvalue weighted by molar-refractivity contribution is 0.449. The molecule has 380 valence electrons. The summed E-state index contributed by atoms with van der Waals surface area (Å²) < 4.78 is 110. The van der Waals surface area contributed by atoms with Gasteiger partial charge in [0.25, 0.3) is 0 Å². The van der Waals surface area contributed by atoms with Gasteiger partial charge in [0.15, 0.2) is 46.5 Å². The van der Waals surface area contributed by atoms with E-state index in [9.17, 15) is 35.1 Å². The van der Waals surface area contributed by atoms with E-state index in [0.717, 1.165) is 7.05 Å². The number of benzene rings is 3. The summed E-state index contributed by atoms with van der Waals surface area (Å²) in [5, 5.41) is 2.02. The number of nitrogens with two attached hydrogens (primary N) is 1. The minimum absolute atomic E-state index is 0. The third kappa shape index (κ3) is 31.3. The van der Waals surface area contributed by atoms with Gasteiger partial charge in [-0.15, -0.1) is 18.9 Å². The number of halogens is 13. The molecule has 0 bridgehead atoms. The first kappa shape index (κ1) is 75.9. The van der Waals surface area contributed by atoms with Crippen molar-refractivity contribution in [2.24, 2.45) is 5.73 Å². The molecule has 0 aromatic heterocycles. The summed E-state index contributed by atoms with van der Waals surface area (Å²) in [6.45, 7) is 25.7. The molecule has 3 aromatic carbocycles. The van der Waals surface area contributed by atoms with E-state index in [1.165, 1.54) is 30.8 Å². The van der Waals surface area contributed by atoms with Crippen LogP contribution < -0.4 is 20.5 Å². The molecule has 25 heteroatoms. The van der Waals surface area contributed by atoms with Gasteiger partial charge in [0.05, 0.1) is 16.8 Å². The predicted molar refractivity (Wildman–Crippen MR) is 299 cm³/mol. The maximum absolute atomic E-state index is 13.7. The number of para-hydroxylation sites is 1. The van der Waals surface area contributed by atoms with E-state index in [0.29, 0.717) is 14.3 Å². The lowest BCUT2D eigenvalue weighted by atomic mass is 10.2. The second-order valence-corrected chi connectivity index (χ2v) is 41.4. The maximum atomic E-state index is 13.7. The topological polar surface area (TPSA) is 51.0 Å². The highest BCUT2D eigenvalue weighted by Crippen LogP contribution is 2.35. The summed E-state index contributed by atoms with van der Waals surface area (Å²) in [6.07, 6.45) is 2.13. The number of rotatable bonds is 8. The average Bonchev–Trinajstić information content (AvgIpc) is 3.21. The molecule has 6 nitrogen and oxygen atoms in total. The number of nitrogens with one attached hydrogen (secondary N) is 1. The fraction of sp³-hybridized carbons (Fsp3) is 0.550. The van der Waals surface area contributed by atoms with Crippen LogP contribution in [0.15, 0.2) is 39.3 Å². The predicted octanol–water partition coefficient (Wildman–Crippen LogP) is 13.1. The lowest BCUT2D eigenvalue weighted by Gasteiger charge is -2.33. The van der Waals surface area contributed by atoms with Gasteiger partial charge in [-0.05, 0) is 92.3 Å². The molecule has 3 rings (SSSR count). The van der Waals surface area contributed by atoms with Gasteiger partial charge in [-0.1, -0.05) is 113 Å². The second-order valence-electron chi connectivity index (χ2n) is 17.1. The van der Waals surface area contributed by atoms with Gasteiger partial charge in [0, 0.05) is 26.8 Å². The molecule has 0 heterocycles. The molecule has 0 amide bonds. The molecule has 0 saturated heterocycles. The molecule has 2 radical (unpaired) electrons. The Labute approximate surface area is 430 Å². The fourth-order valence-electron chi connectivity index (χ4n) is 3.05. The monoisotopic (exact) mass is 1230 g/mol. The summed E-state index contributed by atoms with van der Waals surface area (Å²) in [4.78, 5) is 2.08. The van der Waals surface area contributed by atoms with Gasteiger partial charge in [-0.3, -0.25) is 0 Å². The van der Waals surface area contributed by atoms with E-state index in [2.05, 4.69) is 153 Å². The molecule has 0 fully saturated rings. The van der Waals surface area contributed by atoms with Crippen molar-refractivity contribution in [3.63, 3.8) is 0 Å². The standard InChI is InChI=1S/C10H12BrF4NSi.C8H11N.C7H4BrF4N.C5H17BNSi.C5H14BNSi.C3H9ClSi.CH3Br.CH5N.ClH/c1-16(17(2,3)4)10-8(14)6(12)5(11)7(13)9(10)15;1-9(2)8-6-4-3-5-7-8;1-13-7-5(11)3(9)2(8)4(10)6(7)12;2*1-7(5-6)8(2,3)4;1-5(2,3)4;2*1-2;/h1-4H3;3-7H,1-2H3;13H,1H3;5H2,1-4,6H3;5H2,1-4H3;1-3H3;1H3;2H2,1H3;1H/q;;;-1;;;;;. The van der Waals surface area contributed by atoms with E-state index < -0.39 is 98.9 Å². The third-order valence-corrected chi connectivity index (χ3v) is 16.2. The Bertz CT molecular complexity index is 1670. The average molecular weight is 1240 g/mol. The first-order chi connectivity index (χ1) is 28.9. The quantitative estimate of drug-likeness (QED) is 0.0585. The van der Waals surface area contributed by atoms with E-state index in [-0.39, 0.29) is 12.4 Å². The molecular weight excluding hydrogens is 1160 g/mol. The molecule has 0 unspecified atom stereocenters. The molecule has 0 atom stereocenters. The highest BCUT2D eigenvalue weighted by Gasteiger charge is 2.31. The molecule has 0 aliphatic heterocycles. The molecule has 3 aromatic rings. The van der Waals surface area contributed by atoms with E-state index in [1.807, 2.05) is 63.1 Å². The van der Waals surface area contributed by atoms with Crippen LogP contribution in [0.5, 0.6) is 0 Å². The Morgan fingerprint density at radius 2 is 0.892 bits per heavy atom. The Hall–Kier alpha value is -0.603. The van der Waals surface area contributed by atoms with Gasteiger partial charge in [-0.25, -0.2) is 35.1 Å². The third-order valence-electron chi connectivity index (χ3n) is 7.82. The van der Waals surface area contributed by atoms with Crippen molar-refractivity contribution in [2.75, 3.05) is 82.8 Å². The SMILES string of the molecule is CBr.CN.CN(C)c1ccccc1.CN(c1c(F)c(F)c(Br)c(F)c1F)[Si](C)(C)C.CNc1c(F)c(F)c(Br)c(F)c1F.C[Si](C)(C)Cl.Cl.[BH3-]CN(C)[Si](C)(C)C.[B]CN(C)[Si](C)(C)C. The number of hydrogen-bond donors (Lipinski definition) is 2. The van der Waals surface area contributed by atoms with Crippen molar-refractivity contribution in [2.45, 2.75) is 78.6 Å². The fourth-order valence-corrected chi connectivity index (χ4v) is 5.16. The van der Waals surface area contributed by atoms with Crippen molar-refractivity contribution in [1.29, 1.82) is 0 Å². The van der Waals surface area contributed by atoms with Crippen LogP contribution in [-0.2, 0) is 0 Å². The molecule has 0 saturated carbocycles. The highest BCUT2D eigenvalue weighted by molar-refractivity contribution is 9.10. The first-order valence-corrected chi connectivity index (χ1v) is 37.1. The van der Waals surface area contributed by atoms with Crippen molar-refractivity contribution >= 4 is 136 Å². The second kappa shape index (κ2) is 36.4. The summed E-state index contributed by atoms with van der Waals surface area (Å²) in [6, 6.07) is 10.3. The lowest BCUT2D eigenvalue weighted by Crippen LogP contribution is -2.44.